The second-order valence-corrected chi connectivity index (χ2v) is 5.46. The van der Waals surface area contributed by atoms with Gasteiger partial charge in [-0.1, -0.05) is 54.4 Å². The van der Waals surface area contributed by atoms with Gasteiger partial charge in [0.15, 0.2) is 6.29 Å². The number of rotatable bonds is 3. The van der Waals surface area contributed by atoms with Crippen LogP contribution in [0.2, 0.25) is 0 Å². The van der Waals surface area contributed by atoms with Gasteiger partial charge in [-0.05, 0) is 42.4 Å². The van der Waals surface area contributed by atoms with Crippen LogP contribution in [0.5, 0.6) is 0 Å². The van der Waals surface area contributed by atoms with Crippen molar-refractivity contribution in [3.8, 4) is 11.1 Å². The highest BCUT2D eigenvalue weighted by molar-refractivity contribution is 5.87. The van der Waals surface area contributed by atoms with Crippen LogP contribution in [0.1, 0.15) is 46.7 Å². The number of benzene rings is 2. The van der Waals surface area contributed by atoms with Crippen molar-refractivity contribution in [2.45, 2.75) is 32.1 Å². The SMILES string of the molecule is Cc1ccc(C=O)c(-c2ccc(C3CCC3)cc2)c1. The van der Waals surface area contributed by atoms with Gasteiger partial charge in [-0.2, -0.15) is 0 Å². The summed E-state index contributed by atoms with van der Waals surface area (Å²) in [6.07, 6.45) is 4.95. The summed E-state index contributed by atoms with van der Waals surface area (Å²) in [4.78, 5) is 11.1. The van der Waals surface area contributed by atoms with E-state index in [4.69, 9.17) is 0 Å². The molecule has 0 radical (unpaired) electrons. The molecule has 0 atom stereocenters. The number of carbonyl (C=O) groups is 1. The first-order valence-electron chi connectivity index (χ1n) is 6.94. The van der Waals surface area contributed by atoms with E-state index in [1.54, 1.807) is 0 Å². The highest BCUT2D eigenvalue weighted by Gasteiger charge is 2.19. The van der Waals surface area contributed by atoms with Crippen molar-refractivity contribution >= 4 is 6.29 Å². The van der Waals surface area contributed by atoms with E-state index in [0.29, 0.717) is 0 Å². The fraction of sp³-hybridized carbons (Fsp3) is 0.278. The van der Waals surface area contributed by atoms with Crippen LogP contribution in [-0.4, -0.2) is 6.29 Å². The van der Waals surface area contributed by atoms with E-state index in [1.165, 1.54) is 30.4 Å². The molecule has 0 heterocycles. The van der Waals surface area contributed by atoms with E-state index in [1.807, 2.05) is 12.1 Å². The summed E-state index contributed by atoms with van der Waals surface area (Å²) in [5, 5.41) is 0. The Morgan fingerprint density at radius 2 is 1.79 bits per heavy atom. The number of aldehydes is 1. The van der Waals surface area contributed by atoms with Crippen molar-refractivity contribution in [1.29, 1.82) is 0 Å². The minimum Gasteiger partial charge on any atom is -0.298 e. The van der Waals surface area contributed by atoms with Crippen LogP contribution >= 0.6 is 0 Å². The lowest BCUT2D eigenvalue weighted by Crippen LogP contribution is -2.08. The first-order chi connectivity index (χ1) is 9.28. The molecule has 1 aliphatic carbocycles. The van der Waals surface area contributed by atoms with Crippen molar-refractivity contribution in [3.05, 3.63) is 59.2 Å². The summed E-state index contributed by atoms with van der Waals surface area (Å²) in [5.41, 5.74) is 5.56. The molecule has 0 aromatic heterocycles. The fourth-order valence-corrected chi connectivity index (χ4v) is 2.70. The van der Waals surface area contributed by atoms with Gasteiger partial charge in [0.25, 0.3) is 0 Å². The van der Waals surface area contributed by atoms with Crippen LogP contribution in [0.15, 0.2) is 42.5 Å². The van der Waals surface area contributed by atoms with E-state index < -0.39 is 0 Å². The van der Waals surface area contributed by atoms with Crippen LogP contribution in [-0.2, 0) is 0 Å². The number of hydrogen-bond acceptors (Lipinski definition) is 1. The molecule has 1 aliphatic rings. The van der Waals surface area contributed by atoms with Gasteiger partial charge in [-0.3, -0.25) is 4.79 Å². The van der Waals surface area contributed by atoms with E-state index in [-0.39, 0.29) is 0 Å². The van der Waals surface area contributed by atoms with Crippen molar-refractivity contribution in [1.82, 2.24) is 0 Å². The quantitative estimate of drug-likeness (QED) is 0.719. The lowest BCUT2D eigenvalue weighted by molar-refractivity contribution is 0.112. The molecule has 2 aromatic carbocycles. The lowest BCUT2D eigenvalue weighted by atomic mass is 9.80. The number of carbonyl (C=O) groups excluding carboxylic acids is 1. The van der Waals surface area contributed by atoms with Gasteiger partial charge in [-0.25, -0.2) is 0 Å². The summed E-state index contributed by atoms with van der Waals surface area (Å²) in [7, 11) is 0. The molecule has 1 fully saturated rings. The van der Waals surface area contributed by atoms with E-state index in [9.17, 15) is 4.79 Å². The molecule has 0 spiro atoms. The Labute approximate surface area is 114 Å². The van der Waals surface area contributed by atoms with E-state index in [0.717, 1.165) is 28.9 Å². The smallest absolute Gasteiger partial charge is 0.150 e. The van der Waals surface area contributed by atoms with E-state index >= 15 is 0 Å². The third-order valence-electron chi connectivity index (χ3n) is 4.13. The van der Waals surface area contributed by atoms with Crippen molar-refractivity contribution in [2.75, 3.05) is 0 Å². The minimum absolute atomic E-state index is 0.761. The summed E-state index contributed by atoms with van der Waals surface area (Å²) in [6, 6.07) is 14.7. The first-order valence-corrected chi connectivity index (χ1v) is 6.94. The molecular weight excluding hydrogens is 232 g/mol. The largest absolute Gasteiger partial charge is 0.298 e. The molecule has 0 saturated heterocycles. The maximum atomic E-state index is 11.1. The monoisotopic (exact) mass is 250 g/mol. The molecule has 1 heteroatoms. The molecule has 1 saturated carbocycles. The van der Waals surface area contributed by atoms with Gasteiger partial charge in [0.05, 0.1) is 0 Å². The van der Waals surface area contributed by atoms with Crippen LogP contribution in [0.25, 0.3) is 11.1 Å². The third-order valence-corrected chi connectivity index (χ3v) is 4.13. The molecule has 96 valence electrons. The van der Waals surface area contributed by atoms with Gasteiger partial charge in [-0.15, -0.1) is 0 Å². The topological polar surface area (TPSA) is 17.1 Å². The lowest BCUT2D eigenvalue weighted by Gasteiger charge is -2.25. The molecule has 0 aliphatic heterocycles. The minimum atomic E-state index is 0.761. The Bertz CT molecular complexity index is 592. The van der Waals surface area contributed by atoms with Crippen LogP contribution in [0, 0.1) is 6.92 Å². The normalized spacial score (nSPS) is 15.0. The Kier molecular flexibility index (Phi) is 3.20. The second kappa shape index (κ2) is 5.00. The molecule has 1 nitrogen and oxygen atoms in total. The van der Waals surface area contributed by atoms with Gasteiger partial charge < -0.3 is 0 Å². The highest BCUT2D eigenvalue weighted by Crippen LogP contribution is 2.37. The summed E-state index contributed by atoms with van der Waals surface area (Å²) in [5.74, 6) is 0.761. The average Bonchev–Trinajstić information content (AvgIpc) is 2.37. The van der Waals surface area contributed by atoms with E-state index in [2.05, 4.69) is 37.3 Å². The average molecular weight is 250 g/mol. The van der Waals surface area contributed by atoms with Crippen LogP contribution in [0.3, 0.4) is 0 Å². The molecular formula is C18H18O. The predicted molar refractivity (Wildman–Crippen MR) is 78.6 cm³/mol. The molecule has 0 unspecified atom stereocenters. The maximum absolute atomic E-state index is 11.1. The van der Waals surface area contributed by atoms with Crippen LogP contribution in [0.4, 0.5) is 0 Å². The zero-order chi connectivity index (χ0) is 13.2. The number of aryl methyl sites for hydroxylation is 1. The maximum Gasteiger partial charge on any atom is 0.150 e. The predicted octanol–water partition coefficient (Wildman–Crippen LogP) is 4.74. The summed E-state index contributed by atoms with van der Waals surface area (Å²) < 4.78 is 0. The second-order valence-electron chi connectivity index (χ2n) is 5.46. The van der Waals surface area contributed by atoms with Crippen LogP contribution < -0.4 is 0 Å². The number of hydrogen-bond donors (Lipinski definition) is 0. The summed E-state index contributed by atoms with van der Waals surface area (Å²) >= 11 is 0. The van der Waals surface area contributed by atoms with Gasteiger partial charge in [0.1, 0.15) is 0 Å². The van der Waals surface area contributed by atoms with Gasteiger partial charge >= 0.3 is 0 Å². The zero-order valence-corrected chi connectivity index (χ0v) is 11.2. The third kappa shape index (κ3) is 2.33. The standard InChI is InChI=1S/C18H18O/c1-13-5-6-17(12-19)18(11-13)16-9-7-15(8-10-16)14-3-2-4-14/h5-12,14H,2-4H2,1H3. The van der Waals surface area contributed by atoms with Crippen molar-refractivity contribution < 1.29 is 4.79 Å². The Morgan fingerprint density at radius 3 is 2.37 bits per heavy atom. The highest BCUT2D eigenvalue weighted by atomic mass is 16.1. The Hall–Kier alpha value is -1.89. The molecule has 0 amide bonds. The fourth-order valence-electron chi connectivity index (χ4n) is 2.70. The Morgan fingerprint density at radius 1 is 1.05 bits per heavy atom. The first kappa shape index (κ1) is 12.2. The van der Waals surface area contributed by atoms with Crippen molar-refractivity contribution in [2.24, 2.45) is 0 Å². The molecule has 0 N–H and O–H groups in total. The zero-order valence-electron chi connectivity index (χ0n) is 11.2. The van der Waals surface area contributed by atoms with Gasteiger partial charge in [0, 0.05) is 5.56 Å². The Balaban J connectivity index is 1.97. The van der Waals surface area contributed by atoms with Crippen molar-refractivity contribution in [3.63, 3.8) is 0 Å². The molecule has 0 bridgehead atoms. The molecule has 2 aromatic rings. The molecule has 19 heavy (non-hydrogen) atoms. The van der Waals surface area contributed by atoms with Gasteiger partial charge in [0.2, 0.25) is 0 Å². The summed E-state index contributed by atoms with van der Waals surface area (Å²) in [6.45, 7) is 2.06. The molecule has 3 rings (SSSR count).